The van der Waals surface area contributed by atoms with E-state index in [2.05, 4.69) is 28.6 Å². The molecule has 0 radical (unpaired) electrons. The Morgan fingerprint density at radius 1 is 1.31 bits per heavy atom. The van der Waals surface area contributed by atoms with Crippen molar-refractivity contribution in [1.82, 2.24) is 29.8 Å². The zero-order valence-electron chi connectivity index (χ0n) is 16.2. The van der Waals surface area contributed by atoms with Gasteiger partial charge in [0.25, 0.3) is 0 Å². The summed E-state index contributed by atoms with van der Waals surface area (Å²) in [5, 5.41) is 7.20. The highest BCUT2D eigenvalue weighted by Crippen LogP contribution is 2.35. The molecular formula is C18H30N6O2. The molecule has 2 saturated heterocycles. The van der Waals surface area contributed by atoms with E-state index in [1.165, 1.54) is 5.56 Å². The molecule has 1 N–H and O–H groups in total. The number of likely N-dealkylation sites (tertiary alicyclic amines) is 2. The molecule has 1 unspecified atom stereocenters. The van der Waals surface area contributed by atoms with E-state index in [0.717, 1.165) is 19.4 Å². The first kappa shape index (κ1) is 18.7. The van der Waals surface area contributed by atoms with E-state index in [0.29, 0.717) is 25.4 Å². The van der Waals surface area contributed by atoms with Crippen LogP contribution >= 0.6 is 0 Å². The molecule has 3 heterocycles. The number of piperidine rings is 1. The standard InChI is InChI=1S/C18H30N6O2/c1-21-8-5-6-13(16(21)14-10-19-24(4)12-14)11-23(3)18(26)20-15-7-9-22(2)17(15)25/h10,12-13,15-16H,5-9,11H2,1-4H3,(H,20,26)/t13-,15?,16+/m0/s1. The third-order valence-electron chi connectivity index (χ3n) is 5.65. The summed E-state index contributed by atoms with van der Waals surface area (Å²) in [6.45, 7) is 2.41. The van der Waals surface area contributed by atoms with Gasteiger partial charge >= 0.3 is 6.03 Å². The minimum atomic E-state index is -0.391. The van der Waals surface area contributed by atoms with Crippen molar-refractivity contribution >= 4 is 11.9 Å². The fourth-order valence-electron chi connectivity index (χ4n) is 4.22. The van der Waals surface area contributed by atoms with Crippen molar-refractivity contribution in [2.75, 3.05) is 40.8 Å². The molecule has 1 aromatic heterocycles. The van der Waals surface area contributed by atoms with Gasteiger partial charge in [0.2, 0.25) is 5.91 Å². The highest BCUT2D eigenvalue weighted by atomic mass is 16.2. The number of carbonyl (C=O) groups is 2. The van der Waals surface area contributed by atoms with Crippen LogP contribution in [0.5, 0.6) is 0 Å². The Hall–Kier alpha value is -2.09. The fraction of sp³-hybridized carbons (Fsp3) is 0.722. The van der Waals surface area contributed by atoms with Gasteiger partial charge < -0.3 is 15.1 Å². The maximum absolute atomic E-state index is 12.6. The predicted molar refractivity (Wildman–Crippen MR) is 98.5 cm³/mol. The van der Waals surface area contributed by atoms with Gasteiger partial charge in [-0.1, -0.05) is 0 Å². The van der Waals surface area contributed by atoms with Crippen LogP contribution in [-0.2, 0) is 11.8 Å². The van der Waals surface area contributed by atoms with E-state index >= 15 is 0 Å². The van der Waals surface area contributed by atoms with Crippen LogP contribution in [0, 0.1) is 5.92 Å². The van der Waals surface area contributed by atoms with E-state index in [-0.39, 0.29) is 18.0 Å². The van der Waals surface area contributed by atoms with E-state index in [4.69, 9.17) is 0 Å². The summed E-state index contributed by atoms with van der Waals surface area (Å²) in [6, 6.07) is -0.304. The molecule has 1 aromatic rings. The molecule has 8 nitrogen and oxygen atoms in total. The summed E-state index contributed by atoms with van der Waals surface area (Å²) in [5.74, 6) is 0.341. The molecule has 26 heavy (non-hydrogen) atoms. The lowest BCUT2D eigenvalue weighted by molar-refractivity contribution is -0.128. The molecule has 2 aliphatic rings. The Kier molecular flexibility index (Phi) is 5.50. The fourth-order valence-corrected chi connectivity index (χ4v) is 4.22. The van der Waals surface area contributed by atoms with Gasteiger partial charge in [-0.05, 0) is 38.8 Å². The smallest absolute Gasteiger partial charge is 0.317 e. The number of nitrogens with one attached hydrogen (secondary N) is 1. The third kappa shape index (κ3) is 3.85. The molecule has 144 valence electrons. The van der Waals surface area contributed by atoms with Crippen molar-refractivity contribution < 1.29 is 9.59 Å². The average Bonchev–Trinajstić information content (AvgIpc) is 3.15. The van der Waals surface area contributed by atoms with E-state index in [9.17, 15) is 9.59 Å². The molecule has 2 aliphatic heterocycles. The van der Waals surface area contributed by atoms with Crippen molar-refractivity contribution in [1.29, 1.82) is 0 Å². The van der Waals surface area contributed by atoms with E-state index < -0.39 is 6.04 Å². The molecule has 0 spiro atoms. The van der Waals surface area contributed by atoms with Crippen LogP contribution in [-0.4, -0.2) is 83.2 Å². The Morgan fingerprint density at radius 3 is 2.69 bits per heavy atom. The van der Waals surface area contributed by atoms with Crippen LogP contribution in [0.2, 0.25) is 0 Å². The zero-order valence-corrected chi connectivity index (χ0v) is 16.2. The largest absolute Gasteiger partial charge is 0.344 e. The first-order valence-electron chi connectivity index (χ1n) is 9.32. The molecule has 8 heteroatoms. The Balaban J connectivity index is 1.63. The second kappa shape index (κ2) is 7.65. The minimum Gasteiger partial charge on any atom is -0.344 e. The van der Waals surface area contributed by atoms with Gasteiger partial charge in [-0.2, -0.15) is 5.10 Å². The van der Waals surface area contributed by atoms with Gasteiger partial charge in [0.1, 0.15) is 6.04 Å². The Bertz CT molecular complexity index is 660. The zero-order chi connectivity index (χ0) is 18.8. The highest BCUT2D eigenvalue weighted by Gasteiger charge is 2.34. The maximum atomic E-state index is 12.6. The van der Waals surface area contributed by atoms with Crippen molar-refractivity contribution in [2.24, 2.45) is 13.0 Å². The lowest BCUT2D eigenvalue weighted by Crippen LogP contribution is -2.49. The molecule has 0 aromatic carbocycles. The number of likely N-dealkylation sites (N-methyl/N-ethyl adjacent to an activating group) is 1. The average molecular weight is 362 g/mol. The van der Waals surface area contributed by atoms with Crippen molar-refractivity contribution in [3.8, 4) is 0 Å². The van der Waals surface area contributed by atoms with Crippen molar-refractivity contribution in [3.63, 3.8) is 0 Å². The van der Waals surface area contributed by atoms with Gasteiger partial charge in [-0.25, -0.2) is 4.79 Å². The van der Waals surface area contributed by atoms with Gasteiger partial charge in [-0.3, -0.25) is 14.4 Å². The number of nitrogens with zero attached hydrogens (tertiary/aromatic N) is 5. The SMILES string of the molecule is CN(C[C@@H]1CCCN(C)[C@H]1c1cnn(C)c1)C(=O)NC1CCN(C)C1=O. The molecule has 3 amide bonds. The van der Waals surface area contributed by atoms with Crippen molar-refractivity contribution in [2.45, 2.75) is 31.3 Å². The van der Waals surface area contributed by atoms with E-state index in [1.807, 2.05) is 25.0 Å². The number of urea groups is 1. The second-order valence-electron chi connectivity index (χ2n) is 7.71. The van der Waals surface area contributed by atoms with Crippen LogP contribution in [0.1, 0.15) is 30.9 Å². The van der Waals surface area contributed by atoms with Gasteiger partial charge in [-0.15, -0.1) is 0 Å². The van der Waals surface area contributed by atoms with Crippen LogP contribution in [0.4, 0.5) is 4.79 Å². The van der Waals surface area contributed by atoms with Gasteiger partial charge in [0, 0.05) is 52.0 Å². The number of aromatic nitrogens is 2. The molecule has 0 bridgehead atoms. The lowest BCUT2D eigenvalue weighted by Gasteiger charge is -2.40. The molecule has 2 fully saturated rings. The number of hydrogen-bond donors (Lipinski definition) is 1. The van der Waals surface area contributed by atoms with Gasteiger partial charge in [0.05, 0.1) is 6.20 Å². The summed E-state index contributed by atoms with van der Waals surface area (Å²) in [7, 11) is 7.65. The van der Waals surface area contributed by atoms with Crippen LogP contribution < -0.4 is 5.32 Å². The predicted octanol–water partition coefficient (Wildman–Crippen LogP) is 0.675. The van der Waals surface area contributed by atoms with E-state index in [1.54, 1.807) is 16.8 Å². The second-order valence-corrected chi connectivity index (χ2v) is 7.71. The number of carbonyl (C=O) groups excluding carboxylic acids is 2. The minimum absolute atomic E-state index is 0.00242. The quantitative estimate of drug-likeness (QED) is 0.855. The molecule has 3 atom stereocenters. The highest BCUT2D eigenvalue weighted by molar-refractivity contribution is 5.88. The molecule has 0 saturated carbocycles. The topological polar surface area (TPSA) is 73.7 Å². The van der Waals surface area contributed by atoms with Crippen LogP contribution in [0.3, 0.4) is 0 Å². The summed E-state index contributed by atoms with van der Waals surface area (Å²) >= 11 is 0. The van der Waals surface area contributed by atoms with Crippen molar-refractivity contribution in [3.05, 3.63) is 18.0 Å². The summed E-state index contributed by atoms with van der Waals surface area (Å²) in [5.41, 5.74) is 1.20. The number of amides is 3. The number of aryl methyl sites for hydroxylation is 1. The lowest BCUT2D eigenvalue weighted by atomic mass is 9.86. The third-order valence-corrected chi connectivity index (χ3v) is 5.65. The summed E-state index contributed by atoms with van der Waals surface area (Å²) in [6.07, 6.45) is 6.87. The first-order valence-corrected chi connectivity index (χ1v) is 9.32. The normalized spacial score (nSPS) is 27.0. The summed E-state index contributed by atoms with van der Waals surface area (Å²) in [4.78, 5) is 30.3. The number of hydrogen-bond acceptors (Lipinski definition) is 4. The molecule has 3 rings (SSSR count). The summed E-state index contributed by atoms with van der Waals surface area (Å²) < 4.78 is 1.83. The molecular weight excluding hydrogens is 332 g/mol. The van der Waals surface area contributed by atoms with Crippen LogP contribution in [0.15, 0.2) is 12.4 Å². The monoisotopic (exact) mass is 362 g/mol. The van der Waals surface area contributed by atoms with Crippen LogP contribution in [0.25, 0.3) is 0 Å². The Morgan fingerprint density at radius 2 is 2.08 bits per heavy atom. The van der Waals surface area contributed by atoms with Gasteiger partial charge in [0.15, 0.2) is 0 Å². The first-order chi connectivity index (χ1) is 12.4. The Labute approximate surface area is 155 Å². The number of rotatable bonds is 4. The maximum Gasteiger partial charge on any atom is 0.317 e. The molecule has 0 aliphatic carbocycles.